The Labute approximate surface area is 165 Å². The van der Waals surface area contributed by atoms with E-state index < -0.39 is 5.97 Å². The van der Waals surface area contributed by atoms with Crippen LogP contribution in [0, 0.1) is 19.8 Å². The molecule has 8 heteroatoms. The molecule has 0 aliphatic heterocycles. The molecule has 1 fully saturated rings. The van der Waals surface area contributed by atoms with Crippen molar-refractivity contribution in [2.45, 2.75) is 33.1 Å². The number of hydrogen-bond acceptors (Lipinski definition) is 6. The number of esters is 1. The summed E-state index contributed by atoms with van der Waals surface area (Å²) in [6, 6.07) is 3.98. The van der Waals surface area contributed by atoms with Crippen molar-refractivity contribution >= 4 is 45.5 Å². The monoisotopic (exact) mass is 406 g/mol. The molecule has 144 valence electrons. The van der Waals surface area contributed by atoms with Gasteiger partial charge >= 0.3 is 5.97 Å². The average molecular weight is 407 g/mol. The number of aryl methyl sites for hydroxylation is 1. The molecule has 6 nitrogen and oxygen atoms in total. The molecule has 2 aromatic rings. The number of anilines is 1. The minimum Gasteiger partial charge on any atom is -0.452 e. The number of hydrogen-bond donors (Lipinski definition) is 2. The topological polar surface area (TPSA) is 84.5 Å². The first kappa shape index (κ1) is 19.6. The molecule has 0 saturated heterocycles. The number of ether oxygens (including phenoxy) is 1. The van der Waals surface area contributed by atoms with E-state index >= 15 is 0 Å². The summed E-state index contributed by atoms with van der Waals surface area (Å²) < 4.78 is 5.18. The number of carbonyl (C=O) groups excluding carboxylic acids is 3. The van der Waals surface area contributed by atoms with Crippen LogP contribution in [-0.4, -0.2) is 30.9 Å². The van der Waals surface area contributed by atoms with Crippen molar-refractivity contribution in [1.29, 1.82) is 0 Å². The molecule has 2 heterocycles. The fourth-order valence-corrected chi connectivity index (χ4v) is 4.31. The van der Waals surface area contributed by atoms with E-state index in [4.69, 9.17) is 4.74 Å². The van der Waals surface area contributed by atoms with E-state index in [1.54, 1.807) is 11.3 Å². The molecule has 0 aromatic carbocycles. The molecule has 1 aliphatic carbocycles. The third kappa shape index (κ3) is 5.17. The summed E-state index contributed by atoms with van der Waals surface area (Å²) in [7, 11) is 0. The molecule has 2 amide bonds. The predicted octanol–water partition coefficient (Wildman–Crippen LogP) is 3.29. The maximum absolute atomic E-state index is 12.5. The van der Waals surface area contributed by atoms with Crippen molar-refractivity contribution in [3.63, 3.8) is 0 Å². The molecular formula is C19H22N2O4S2. The Bertz CT molecular complexity index is 838. The van der Waals surface area contributed by atoms with E-state index in [0.717, 1.165) is 29.7 Å². The Balaban J connectivity index is 1.52. The Kier molecular flexibility index (Phi) is 6.28. The van der Waals surface area contributed by atoms with E-state index in [0.29, 0.717) is 17.1 Å². The van der Waals surface area contributed by atoms with Crippen LogP contribution in [0.1, 0.15) is 38.5 Å². The van der Waals surface area contributed by atoms with Crippen molar-refractivity contribution in [2.75, 3.05) is 18.5 Å². The van der Waals surface area contributed by atoms with Gasteiger partial charge in [-0.05, 0) is 50.1 Å². The predicted molar refractivity (Wildman–Crippen MR) is 106 cm³/mol. The molecule has 27 heavy (non-hydrogen) atoms. The van der Waals surface area contributed by atoms with Crippen LogP contribution in [-0.2, 0) is 20.7 Å². The zero-order valence-electron chi connectivity index (χ0n) is 15.3. The molecular weight excluding hydrogens is 384 g/mol. The van der Waals surface area contributed by atoms with Gasteiger partial charge in [0.1, 0.15) is 5.00 Å². The molecule has 0 unspecified atom stereocenters. The van der Waals surface area contributed by atoms with Crippen molar-refractivity contribution < 1.29 is 19.1 Å². The fraction of sp³-hybridized carbons (Fsp3) is 0.421. The second kappa shape index (κ2) is 8.67. The highest BCUT2D eigenvalue weighted by atomic mass is 32.1. The number of rotatable bonds is 8. The van der Waals surface area contributed by atoms with Crippen LogP contribution in [0.5, 0.6) is 0 Å². The number of nitrogens with one attached hydrogen (secondary N) is 2. The third-order valence-corrected chi connectivity index (χ3v) is 6.44. The van der Waals surface area contributed by atoms with Crippen molar-refractivity contribution in [1.82, 2.24) is 5.32 Å². The SMILES string of the molecule is Cc1sc(NC(=O)C2CC2)c(C(=O)OCC(=O)NCCc2cccs2)c1C. The van der Waals surface area contributed by atoms with Gasteiger partial charge in [0.15, 0.2) is 6.61 Å². The molecule has 3 rings (SSSR count). The molecule has 0 atom stereocenters. The van der Waals surface area contributed by atoms with Gasteiger partial charge in [-0.25, -0.2) is 4.79 Å². The quantitative estimate of drug-likeness (QED) is 0.659. The van der Waals surface area contributed by atoms with Crippen LogP contribution in [0.4, 0.5) is 5.00 Å². The Morgan fingerprint density at radius 2 is 2.04 bits per heavy atom. The number of carbonyl (C=O) groups is 3. The maximum atomic E-state index is 12.5. The smallest absolute Gasteiger partial charge is 0.341 e. The molecule has 0 spiro atoms. The third-order valence-electron chi connectivity index (χ3n) is 4.38. The van der Waals surface area contributed by atoms with Gasteiger partial charge in [-0.3, -0.25) is 9.59 Å². The van der Waals surface area contributed by atoms with Gasteiger partial charge < -0.3 is 15.4 Å². The molecule has 2 aromatic heterocycles. The van der Waals surface area contributed by atoms with E-state index in [1.807, 2.05) is 31.4 Å². The molecule has 1 saturated carbocycles. The van der Waals surface area contributed by atoms with Crippen LogP contribution in [0.3, 0.4) is 0 Å². The van der Waals surface area contributed by atoms with E-state index in [9.17, 15) is 14.4 Å². The Morgan fingerprint density at radius 1 is 1.26 bits per heavy atom. The minimum absolute atomic E-state index is 0.0469. The highest BCUT2D eigenvalue weighted by molar-refractivity contribution is 7.16. The van der Waals surface area contributed by atoms with Crippen molar-refractivity contribution in [2.24, 2.45) is 5.92 Å². The van der Waals surface area contributed by atoms with Gasteiger partial charge in [-0.15, -0.1) is 22.7 Å². The summed E-state index contributed by atoms with van der Waals surface area (Å²) in [5.41, 5.74) is 1.12. The normalized spacial score (nSPS) is 13.3. The van der Waals surface area contributed by atoms with E-state index in [-0.39, 0.29) is 24.3 Å². The molecule has 2 N–H and O–H groups in total. The first-order valence-electron chi connectivity index (χ1n) is 8.82. The highest BCUT2D eigenvalue weighted by Gasteiger charge is 2.31. The standard InChI is InChI=1S/C19H22N2O4S2/c1-11-12(2)27-18(21-17(23)13-5-6-13)16(11)19(24)25-10-15(22)20-8-7-14-4-3-9-26-14/h3-4,9,13H,5-8,10H2,1-2H3,(H,20,22)(H,21,23). The minimum atomic E-state index is -0.587. The zero-order valence-corrected chi connectivity index (χ0v) is 16.9. The molecule has 0 bridgehead atoms. The molecule has 0 radical (unpaired) electrons. The summed E-state index contributed by atoms with van der Waals surface area (Å²) in [5, 5.41) is 8.07. The van der Waals surface area contributed by atoms with Gasteiger partial charge in [0, 0.05) is 22.2 Å². The van der Waals surface area contributed by atoms with Gasteiger partial charge in [0.05, 0.1) is 5.56 Å². The lowest BCUT2D eigenvalue weighted by Gasteiger charge is -2.08. The van der Waals surface area contributed by atoms with Gasteiger partial charge in [0.25, 0.3) is 5.91 Å². The lowest BCUT2D eigenvalue weighted by Crippen LogP contribution is -2.30. The van der Waals surface area contributed by atoms with Crippen molar-refractivity contribution in [3.05, 3.63) is 38.4 Å². The van der Waals surface area contributed by atoms with Crippen LogP contribution >= 0.6 is 22.7 Å². The summed E-state index contributed by atoms with van der Waals surface area (Å²) in [5.74, 6) is -0.938. The maximum Gasteiger partial charge on any atom is 0.341 e. The van der Waals surface area contributed by atoms with Crippen LogP contribution in [0.25, 0.3) is 0 Å². The first-order valence-corrected chi connectivity index (χ1v) is 10.5. The second-order valence-electron chi connectivity index (χ2n) is 6.51. The van der Waals surface area contributed by atoms with Gasteiger partial charge in [-0.2, -0.15) is 0 Å². The number of amides is 2. The Hall–Kier alpha value is -2.19. The lowest BCUT2D eigenvalue weighted by molar-refractivity contribution is -0.124. The number of thiophene rings is 2. The van der Waals surface area contributed by atoms with E-state index in [2.05, 4.69) is 10.6 Å². The van der Waals surface area contributed by atoms with E-state index in [1.165, 1.54) is 16.2 Å². The summed E-state index contributed by atoms with van der Waals surface area (Å²) in [4.78, 5) is 38.6. The first-order chi connectivity index (χ1) is 13.0. The van der Waals surface area contributed by atoms with Crippen LogP contribution in [0.2, 0.25) is 0 Å². The molecule has 1 aliphatic rings. The van der Waals surface area contributed by atoms with Gasteiger partial charge in [0.2, 0.25) is 5.91 Å². The Morgan fingerprint density at radius 3 is 2.70 bits per heavy atom. The largest absolute Gasteiger partial charge is 0.452 e. The summed E-state index contributed by atoms with van der Waals surface area (Å²) in [6.07, 6.45) is 2.53. The van der Waals surface area contributed by atoms with Crippen molar-refractivity contribution in [3.8, 4) is 0 Å². The lowest BCUT2D eigenvalue weighted by atomic mass is 10.1. The summed E-state index contributed by atoms with van der Waals surface area (Å²) >= 11 is 2.99. The fourth-order valence-electron chi connectivity index (χ4n) is 2.55. The van der Waals surface area contributed by atoms with Crippen LogP contribution < -0.4 is 10.6 Å². The van der Waals surface area contributed by atoms with Gasteiger partial charge in [-0.1, -0.05) is 6.07 Å². The summed E-state index contributed by atoms with van der Waals surface area (Å²) in [6.45, 7) is 3.86. The second-order valence-corrected chi connectivity index (χ2v) is 8.76. The zero-order chi connectivity index (χ0) is 19.4. The van der Waals surface area contributed by atoms with Crippen LogP contribution in [0.15, 0.2) is 17.5 Å². The average Bonchev–Trinajstić information content (AvgIpc) is 3.29. The highest BCUT2D eigenvalue weighted by Crippen LogP contribution is 2.36.